The van der Waals surface area contributed by atoms with Crippen LogP contribution in [-0.4, -0.2) is 15.1 Å². The maximum Gasteiger partial charge on any atom is 0.266 e. The van der Waals surface area contributed by atoms with E-state index in [1.165, 1.54) is 11.8 Å². The maximum absolute atomic E-state index is 12.7. The smallest absolute Gasteiger partial charge is 0.266 e. The molecule has 2 heterocycles. The Hall–Kier alpha value is -2.63. The van der Waals surface area contributed by atoms with Gasteiger partial charge in [-0.15, -0.1) is 0 Å². The monoisotopic (exact) mass is 377 g/mol. The van der Waals surface area contributed by atoms with Crippen molar-refractivity contribution in [3.63, 3.8) is 0 Å². The number of amides is 1. The summed E-state index contributed by atoms with van der Waals surface area (Å²) in [6.07, 6.45) is 1.76. The minimum atomic E-state index is -0.0819. The number of rotatable bonds is 4. The van der Waals surface area contributed by atoms with Crippen LogP contribution in [0.1, 0.15) is 11.3 Å². The van der Waals surface area contributed by atoms with Crippen LogP contribution in [-0.2, 0) is 11.3 Å². The Kier molecular flexibility index (Phi) is 4.73. The van der Waals surface area contributed by atoms with Crippen molar-refractivity contribution < 1.29 is 9.21 Å². The molecule has 0 radical (unpaired) electrons. The molecule has 0 unspecified atom stereocenters. The van der Waals surface area contributed by atoms with E-state index in [1.807, 2.05) is 72.8 Å². The number of furan rings is 1. The van der Waals surface area contributed by atoms with E-state index in [0.717, 1.165) is 16.9 Å². The summed E-state index contributed by atoms with van der Waals surface area (Å²) in [7, 11) is 0. The van der Waals surface area contributed by atoms with Crippen LogP contribution in [0.25, 0.3) is 17.4 Å². The van der Waals surface area contributed by atoms with Crippen LogP contribution in [0, 0.1) is 0 Å². The van der Waals surface area contributed by atoms with Gasteiger partial charge in [0.25, 0.3) is 5.91 Å². The lowest BCUT2D eigenvalue weighted by molar-refractivity contribution is -0.122. The molecule has 5 heteroatoms. The first-order chi connectivity index (χ1) is 12.7. The standard InChI is InChI=1S/C21H15NO2S2/c23-20-19(26-21(25)22(20)14-15-7-3-1-4-8-15)13-17-11-12-18(24-17)16-9-5-2-6-10-16/h1-13H,14H2/b19-13+. The molecule has 0 bridgehead atoms. The van der Waals surface area contributed by atoms with Crippen molar-refractivity contribution in [1.82, 2.24) is 4.90 Å². The van der Waals surface area contributed by atoms with Gasteiger partial charge in [0.15, 0.2) is 0 Å². The lowest BCUT2D eigenvalue weighted by atomic mass is 10.2. The third-order valence-electron chi connectivity index (χ3n) is 4.02. The summed E-state index contributed by atoms with van der Waals surface area (Å²) in [6, 6.07) is 23.5. The van der Waals surface area contributed by atoms with Gasteiger partial charge >= 0.3 is 0 Å². The molecule has 1 amide bonds. The number of hydrogen-bond donors (Lipinski definition) is 0. The third kappa shape index (κ3) is 3.49. The highest BCUT2D eigenvalue weighted by atomic mass is 32.2. The molecule has 0 atom stereocenters. The summed E-state index contributed by atoms with van der Waals surface area (Å²) < 4.78 is 6.43. The average Bonchev–Trinajstić information content (AvgIpc) is 3.24. The van der Waals surface area contributed by atoms with Crippen LogP contribution in [0.4, 0.5) is 0 Å². The van der Waals surface area contributed by atoms with Gasteiger partial charge in [0.1, 0.15) is 15.8 Å². The zero-order valence-electron chi connectivity index (χ0n) is 13.8. The quantitative estimate of drug-likeness (QED) is 0.453. The summed E-state index contributed by atoms with van der Waals surface area (Å²) in [6.45, 7) is 0.482. The first-order valence-electron chi connectivity index (χ1n) is 8.15. The summed E-state index contributed by atoms with van der Waals surface area (Å²) in [5, 5.41) is 0. The summed E-state index contributed by atoms with van der Waals surface area (Å²) in [5.74, 6) is 1.34. The molecule has 3 aromatic rings. The van der Waals surface area contributed by atoms with E-state index < -0.39 is 0 Å². The number of nitrogens with zero attached hydrogens (tertiary/aromatic N) is 1. The van der Waals surface area contributed by atoms with Gasteiger partial charge in [-0.05, 0) is 17.7 Å². The molecule has 3 nitrogen and oxygen atoms in total. The zero-order chi connectivity index (χ0) is 17.9. The number of thiocarbonyl (C=S) groups is 1. The minimum Gasteiger partial charge on any atom is -0.457 e. The summed E-state index contributed by atoms with van der Waals surface area (Å²) in [5.41, 5.74) is 2.05. The Morgan fingerprint density at radius 1 is 0.962 bits per heavy atom. The van der Waals surface area contributed by atoms with Crippen molar-refractivity contribution in [3.8, 4) is 11.3 Å². The van der Waals surface area contributed by atoms with Gasteiger partial charge in [-0.1, -0.05) is 84.6 Å². The van der Waals surface area contributed by atoms with E-state index in [1.54, 1.807) is 11.0 Å². The van der Waals surface area contributed by atoms with Crippen molar-refractivity contribution in [2.45, 2.75) is 6.54 Å². The highest BCUT2D eigenvalue weighted by Crippen LogP contribution is 2.34. The number of thioether (sulfide) groups is 1. The first-order valence-corrected chi connectivity index (χ1v) is 9.38. The number of hydrogen-bond acceptors (Lipinski definition) is 4. The Morgan fingerprint density at radius 2 is 1.65 bits per heavy atom. The van der Waals surface area contributed by atoms with Crippen LogP contribution in [0.15, 0.2) is 82.1 Å². The summed E-state index contributed by atoms with van der Waals surface area (Å²) >= 11 is 6.70. The Morgan fingerprint density at radius 3 is 2.38 bits per heavy atom. The van der Waals surface area contributed by atoms with E-state index in [0.29, 0.717) is 21.5 Å². The van der Waals surface area contributed by atoms with Gasteiger partial charge in [-0.2, -0.15) is 0 Å². The van der Waals surface area contributed by atoms with Crippen LogP contribution in [0.2, 0.25) is 0 Å². The largest absolute Gasteiger partial charge is 0.457 e. The van der Waals surface area contributed by atoms with Crippen LogP contribution < -0.4 is 0 Å². The SMILES string of the molecule is O=C1/C(=C\c2ccc(-c3ccccc3)o2)SC(=S)N1Cc1ccccc1. The van der Waals surface area contributed by atoms with Gasteiger partial charge in [-0.25, -0.2) is 0 Å². The highest BCUT2D eigenvalue weighted by molar-refractivity contribution is 8.26. The fourth-order valence-corrected chi connectivity index (χ4v) is 3.95. The molecule has 0 saturated carbocycles. The maximum atomic E-state index is 12.7. The van der Waals surface area contributed by atoms with E-state index in [4.69, 9.17) is 16.6 Å². The normalized spacial score (nSPS) is 15.8. The molecule has 1 aromatic heterocycles. The molecular formula is C21H15NO2S2. The third-order valence-corrected chi connectivity index (χ3v) is 5.39. The molecule has 1 aliphatic heterocycles. The molecular weight excluding hydrogens is 362 g/mol. The number of carbonyl (C=O) groups is 1. The Labute approximate surface area is 161 Å². The number of carbonyl (C=O) groups excluding carboxylic acids is 1. The topological polar surface area (TPSA) is 33.5 Å². The van der Waals surface area contributed by atoms with Crippen molar-refractivity contribution in [2.24, 2.45) is 0 Å². The zero-order valence-corrected chi connectivity index (χ0v) is 15.4. The van der Waals surface area contributed by atoms with Crippen molar-refractivity contribution in [3.05, 3.63) is 89.0 Å². The molecule has 4 rings (SSSR count). The van der Waals surface area contributed by atoms with Crippen molar-refractivity contribution in [2.75, 3.05) is 0 Å². The van der Waals surface area contributed by atoms with Gasteiger partial charge in [0.05, 0.1) is 11.4 Å². The fourth-order valence-electron chi connectivity index (χ4n) is 2.72. The van der Waals surface area contributed by atoms with E-state index in [2.05, 4.69) is 0 Å². The Bertz CT molecular complexity index is 978. The molecule has 1 aliphatic rings. The second-order valence-corrected chi connectivity index (χ2v) is 7.50. The molecule has 128 valence electrons. The molecule has 2 aromatic carbocycles. The van der Waals surface area contributed by atoms with E-state index >= 15 is 0 Å². The molecule has 0 N–H and O–H groups in total. The summed E-state index contributed by atoms with van der Waals surface area (Å²) in [4.78, 5) is 14.9. The van der Waals surface area contributed by atoms with E-state index in [-0.39, 0.29) is 5.91 Å². The second-order valence-electron chi connectivity index (χ2n) is 5.82. The molecule has 26 heavy (non-hydrogen) atoms. The van der Waals surface area contributed by atoms with E-state index in [9.17, 15) is 4.79 Å². The van der Waals surface area contributed by atoms with Gasteiger partial charge < -0.3 is 4.42 Å². The molecule has 0 aliphatic carbocycles. The minimum absolute atomic E-state index is 0.0819. The Balaban J connectivity index is 1.54. The second kappa shape index (κ2) is 7.32. The highest BCUT2D eigenvalue weighted by Gasteiger charge is 2.32. The van der Waals surface area contributed by atoms with Gasteiger partial charge in [0.2, 0.25) is 0 Å². The molecule has 0 spiro atoms. The molecule has 1 fully saturated rings. The predicted molar refractivity (Wildman–Crippen MR) is 109 cm³/mol. The fraction of sp³-hybridized carbons (Fsp3) is 0.0476. The van der Waals surface area contributed by atoms with Crippen molar-refractivity contribution >= 4 is 40.3 Å². The van der Waals surface area contributed by atoms with Crippen molar-refractivity contribution in [1.29, 1.82) is 0 Å². The average molecular weight is 377 g/mol. The van der Waals surface area contributed by atoms with Crippen LogP contribution in [0.3, 0.4) is 0 Å². The van der Waals surface area contributed by atoms with Crippen LogP contribution >= 0.6 is 24.0 Å². The number of benzene rings is 2. The van der Waals surface area contributed by atoms with Crippen LogP contribution in [0.5, 0.6) is 0 Å². The molecule has 1 saturated heterocycles. The lowest BCUT2D eigenvalue weighted by Gasteiger charge is -2.14. The van der Waals surface area contributed by atoms with Gasteiger partial charge in [-0.3, -0.25) is 9.69 Å². The first kappa shape index (κ1) is 16.8. The van der Waals surface area contributed by atoms with Gasteiger partial charge in [0, 0.05) is 11.6 Å². The lowest BCUT2D eigenvalue weighted by Crippen LogP contribution is -2.27. The predicted octanol–water partition coefficient (Wildman–Crippen LogP) is 5.35.